The lowest BCUT2D eigenvalue weighted by Crippen LogP contribution is -2.60. The molecular weight excluding hydrogens is 425 g/mol. The summed E-state index contributed by atoms with van der Waals surface area (Å²) in [6.07, 6.45) is -0.181. The van der Waals surface area contributed by atoms with Crippen molar-refractivity contribution in [2.24, 2.45) is 5.73 Å². The van der Waals surface area contributed by atoms with Crippen molar-refractivity contribution in [3.05, 3.63) is 83.9 Å². The lowest BCUT2D eigenvalue weighted by atomic mass is 9.47. The molecule has 0 saturated carbocycles. The largest absolute Gasteiger partial charge is 0.438 e. The molecule has 1 aliphatic heterocycles. The van der Waals surface area contributed by atoms with Gasteiger partial charge in [-0.2, -0.15) is 0 Å². The fraction of sp³-hybridized carbons (Fsp3) is 0.429. The quantitative estimate of drug-likeness (QED) is 0.454. The number of fused-ring (bicyclic) bond motifs is 1. The van der Waals surface area contributed by atoms with Crippen LogP contribution in [0.1, 0.15) is 31.9 Å². The highest BCUT2D eigenvalue weighted by atomic mass is 16.7. The lowest BCUT2D eigenvalue weighted by Gasteiger charge is -2.46. The molecule has 180 valence electrons. The zero-order valence-electron chi connectivity index (χ0n) is 20.6. The fourth-order valence-corrected chi connectivity index (χ4v) is 4.93. The number of rotatable bonds is 9. The highest BCUT2D eigenvalue weighted by Gasteiger charge is 2.49. The van der Waals surface area contributed by atoms with Crippen LogP contribution in [0, 0.1) is 0 Å². The second-order valence-electron chi connectivity index (χ2n) is 9.47. The summed E-state index contributed by atoms with van der Waals surface area (Å²) in [6.45, 7) is 6.37. The first-order chi connectivity index (χ1) is 16.5. The summed E-state index contributed by atoms with van der Waals surface area (Å²) in [6, 6.07) is 24.8. The maximum Gasteiger partial charge on any atom is 0.304 e. The SMILES string of the molecule is COB(Cc1ccccc1)C1C(N)C(OC(C)C)OC(C)C1OCc1ccc2ccccc2c1. The molecule has 1 heterocycles. The molecule has 1 saturated heterocycles. The first-order valence-corrected chi connectivity index (χ1v) is 12.2. The van der Waals surface area contributed by atoms with Gasteiger partial charge in [0.15, 0.2) is 6.29 Å². The van der Waals surface area contributed by atoms with Crippen molar-refractivity contribution in [2.75, 3.05) is 7.11 Å². The molecule has 2 N–H and O–H groups in total. The topological polar surface area (TPSA) is 62.9 Å². The van der Waals surface area contributed by atoms with Gasteiger partial charge in [0.05, 0.1) is 31.0 Å². The Balaban J connectivity index is 1.57. The molecule has 0 spiro atoms. The highest BCUT2D eigenvalue weighted by Crippen LogP contribution is 2.36. The molecule has 5 atom stereocenters. The van der Waals surface area contributed by atoms with E-state index in [4.69, 9.17) is 24.6 Å². The third-order valence-corrected chi connectivity index (χ3v) is 6.62. The minimum absolute atomic E-state index is 0.00841. The zero-order valence-corrected chi connectivity index (χ0v) is 20.6. The summed E-state index contributed by atoms with van der Waals surface area (Å²) in [5.41, 5.74) is 9.11. The summed E-state index contributed by atoms with van der Waals surface area (Å²) in [5.74, 6) is -0.0989. The van der Waals surface area contributed by atoms with E-state index >= 15 is 0 Å². The van der Waals surface area contributed by atoms with E-state index in [-0.39, 0.29) is 37.1 Å². The Bertz CT molecular complexity index is 1050. The molecule has 34 heavy (non-hydrogen) atoms. The van der Waals surface area contributed by atoms with Gasteiger partial charge < -0.3 is 24.6 Å². The molecule has 3 aromatic carbocycles. The fourth-order valence-electron chi connectivity index (χ4n) is 4.93. The Hall–Kier alpha value is -2.22. The van der Waals surface area contributed by atoms with Gasteiger partial charge in [-0.05, 0) is 49.5 Å². The van der Waals surface area contributed by atoms with Gasteiger partial charge in [-0.1, -0.05) is 72.3 Å². The summed E-state index contributed by atoms with van der Waals surface area (Å²) in [5, 5.41) is 2.42. The van der Waals surface area contributed by atoms with E-state index in [1.165, 1.54) is 16.3 Å². The summed E-state index contributed by atoms with van der Waals surface area (Å²) < 4.78 is 24.9. The van der Waals surface area contributed by atoms with Crippen molar-refractivity contribution in [1.82, 2.24) is 0 Å². The van der Waals surface area contributed by atoms with Crippen LogP contribution >= 0.6 is 0 Å². The molecule has 1 fully saturated rings. The minimum Gasteiger partial charge on any atom is -0.438 e. The molecule has 5 unspecified atom stereocenters. The third kappa shape index (κ3) is 5.88. The molecule has 3 aromatic rings. The highest BCUT2D eigenvalue weighted by molar-refractivity contribution is 6.53. The smallest absolute Gasteiger partial charge is 0.304 e. The lowest BCUT2D eigenvalue weighted by molar-refractivity contribution is -0.246. The van der Waals surface area contributed by atoms with Crippen LogP contribution in [-0.4, -0.2) is 44.7 Å². The van der Waals surface area contributed by atoms with Crippen molar-refractivity contribution in [3.63, 3.8) is 0 Å². The average Bonchev–Trinajstić information content (AvgIpc) is 2.84. The van der Waals surface area contributed by atoms with Crippen LogP contribution in [0.2, 0.25) is 5.82 Å². The van der Waals surface area contributed by atoms with Crippen LogP contribution in [0.15, 0.2) is 72.8 Å². The number of hydrogen-bond donors (Lipinski definition) is 1. The van der Waals surface area contributed by atoms with Gasteiger partial charge in [0.25, 0.3) is 0 Å². The molecule has 5 nitrogen and oxygen atoms in total. The Labute approximate surface area is 203 Å². The van der Waals surface area contributed by atoms with Crippen LogP contribution in [0.3, 0.4) is 0 Å². The van der Waals surface area contributed by atoms with E-state index in [1.54, 1.807) is 7.11 Å². The van der Waals surface area contributed by atoms with Gasteiger partial charge in [0.2, 0.25) is 0 Å². The predicted octanol–water partition coefficient (Wildman–Crippen LogP) is 5.01. The van der Waals surface area contributed by atoms with Crippen LogP contribution in [0.4, 0.5) is 0 Å². The van der Waals surface area contributed by atoms with Gasteiger partial charge in [0.1, 0.15) is 0 Å². The maximum atomic E-state index is 6.79. The molecule has 0 aliphatic carbocycles. The van der Waals surface area contributed by atoms with Gasteiger partial charge in [-0.25, -0.2) is 0 Å². The van der Waals surface area contributed by atoms with Gasteiger partial charge in [0, 0.05) is 12.9 Å². The van der Waals surface area contributed by atoms with Crippen molar-refractivity contribution >= 4 is 17.7 Å². The molecule has 0 bridgehead atoms. The minimum atomic E-state index is -0.506. The molecule has 0 amide bonds. The normalized spacial score (nSPS) is 25.1. The van der Waals surface area contributed by atoms with Crippen molar-refractivity contribution < 1.29 is 18.9 Å². The predicted molar refractivity (Wildman–Crippen MR) is 138 cm³/mol. The number of ether oxygens (including phenoxy) is 3. The maximum absolute atomic E-state index is 6.79. The van der Waals surface area contributed by atoms with E-state index in [2.05, 4.69) is 54.6 Å². The zero-order chi connectivity index (χ0) is 24.1. The monoisotopic (exact) mass is 461 g/mol. The number of nitrogens with two attached hydrogens (primary N) is 1. The summed E-state index contributed by atoms with van der Waals surface area (Å²) >= 11 is 0. The van der Waals surface area contributed by atoms with Gasteiger partial charge >= 0.3 is 6.92 Å². The summed E-state index contributed by atoms with van der Waals surface area (Å²) in [7, 11) is 1.75. The molecule has 0 radical (unpaired) electrons. The van der Waals surface area contributed by atoms with Gasteiger partial charge in [-0.3, -0.25) is 0 Å². The summed E-state index contributed by atoms with van der Waals surface area (Å²) in [4.78, 5) is 0. The number of benzene rings is 3. The van der Waals surface area contributed by atoms with Crippen molar-refractivity contribution in [1.29, 1.82) is 0 Å². The third-order valence-electron chi connectivity index (χ3n) is 6.62. The molecule has 4 rings (SSSR count). The second-order valence-corrected chi connectivity index (χ2v) is 9.47. The molecule has 6 heteroatoms. The Morgan fingerprint density at radius 1 is 0.941 bits per heavy atom. The van der Waals surface area contributed by atoms with Crippen LogP contribution in [0.5, 0.6) is 0 Å². The number of hydrogen-bond acceptors (Lipinski definition) is 5. The van der Waals surface area contributed by atoms with Crippen LogP contribution in [-0.2, 0) is 31.8 Å². The Morgan fingerprint density at radius 2 is 1.65 bits per heavy atom. The first-order valence-electron chi connectivity index (χ1n) is 12.2. The second kappa shape index (κ2) is 11.5. The molecule has 0 aromatic heterocycles. The van der Waals surface area contributed by atoms with Crippen molar-refractivity contribution in [3.8, 4) is 0 Å². The molecule has 1 aliphatic rings. The van der Waals surface area contributed by atoms with Gasteiger partial charge in [-0.15, -0.1) is 0 Å². The van der Waals surface area contributed by atoms with E-state index in [9.17, 15) is 0 Å². The Kier molecular flexibility index (Phi) is 8.40. The van der Waals surface area contributed by atoms with Crippen LogP contribution in [0.25, 0.3) is 10.8 Å². The van der Waals surface area contributed by atoms with Crippen molar-refractivity contribution in [2.45, 2.75) is 70.2 Å². The standard InChI is InChI=1S/C28H36BNO4/c1-19(2)33-28-26(30)25(29(31-4)17-21-10-6-5-7-11-21)27(20(3)34-28)32-18-22-14-15-23-12-8-9-13-24(23)16-22/h5-16,19-20,25-28H,17-18,30H2,1-4H3. The van der Waals surface area contributed by atoms with E-state index in [1.807, 2.05) is 39.0 Å². The molecular formula is C28H36BNO4. The average molecular weight is 461 g/mol. The first kappa shape index (κ1) is 24.9. The van der Waals surface area contributed by atoms with Crippen LogP contribution < -0.4 is 5.73 Å². The van der Waals surface area contributed by atoms with E-state index in [0.29, 0.717) is 6.61 Å². The van der Waals surface area contributed by atoms with E-state index in [0.717, 1.165) is 11.9 Å². The van der Waals surface area contributed by atoms with E-state index < -0.39 is 6.29 Å². The Morgan fingerprint density at radius 3 is 2.35 bits per heavy atom.